The number of hydrogen-bond acceptors (Lipinski definition) is 3. The summed E-state index contributed by atoms with van der Waals surface area (Å²) in [6.07, 6.45) is 6.01. The molecule has 1 unspecified atom stereocenters. The van der Waals surface area contributed by atoms with Crippen molar-refractivity contribution in [3.05, 3.63) is 35.4 Å². The number of nitrogens with zero attached hydrogens (tertiary/aromatic N) is 2. The molecule has 2 saturated heterocycles. The maximum absolute atomic E-state index is 8.76. The molecular formula is C20H28N2O. The van der Waals surface area contributed by atoms with Crippen LogP contribution in [0, 0.1) is 11.8 Å². The van der Waals surface area contributed by atoms with Gasteiger partial charge in [0.1, 0.15) is 0 Å². The predicted octanol–water partition coefficient (Wildman–Crippen LogP) is 2.48. The molecule has 2 aliphatic heterocycles. The normalized spacial score (nSPS) is 22.7. The Morgan fingerprint density at radius 2 is 1.83 bits per heavy atom. The van der Waals surface area contributed by atoms with Crippen molar-refractivity contribution in [1.82, 2.24) is 9.80 Å². The molecule has 1 N–H and O–H groups in total. The van der Waals surface area contributed by atoms with Crippen LogP contribution in [0.2, 0.25) is 0 Å². The van der Waals surface area contributed by atoms with Gasteiger partial charge in [-0.15, -0.1) is 0 Å². The van der Waals surface area contributed by atoms with Crippen LogP contribution in [0.15, 0.2) is 24.3 Å². The third-order valence-corrected chi connectivity index (χ3v) is 4.97. The van der Waals surface area contributed by atoms with Crippen molar-refractivity contribution in [3.63, 3.8) is 0 Å². The smallest absolute Gasteiger partial charge is 0.0540 e. The van der Waals surface area contributed by atoms with Crippen molar-refractivity contribution in [2.75, 3.05) is 32.8 Å². The molecule has 2 aliphatic rings. The van der Waals surface area contributed by atoms with E-state index in [1.807, 2.05) is 0 Å². The van der Waals surface area contributed by atoms with Gasteiger partial charge in [-0.25, -0.2) is 0 Å². The Morgan fingerprint density at radius 3 is 2.57 bits per heavy atom. The van der Waals surface area contributed by atoms with Crippen molar-refractivity contribution in [1.29, 1.82) is 0 Å². The highest BCUT2D eigenvalue weighted by Crippen LogP contribution is 2.21. The minimum absolute atomic E-state index is 0.137. The van der Waals surface area contributed by atoms with Gasteiger partial charge in [-0.3, -0.25) is 9.80 Å². The first-order chi connectivity index (χ1) is 11.3. The summed E-state index contributed by atoms with van der Waals surface area (Å²) in [5.41, 5.74) is 2.41. The number of aliphatic hydroxyl groups excluding tert-OH is 1. The van der Waals surface area contributed by atoms with Crippen molar-refractivity contribution >= 4 is 0 Å². The lowest BCUT2D eigenvalue weighted by Gasteiger charge is -2.37. The van der Waals surface area contributed by atoms with Gasteiger partial charge in [0.2, 0.25) is 0 Å². The highest BCUT2D eigenvalue weighted by Gasteiger charge is 2.26. The van der Waals surface area contributed by atoms with Gasteiger partial charge < -0.3 is 5.11 Å². The molecule has 23 heavy (non-hydrogen) atoms. The standard InChI is InChI=1S/C20H28N2O/c23-15-4-1-6-18-8-10-19(11-9-18)16-21-12-5-7-20(17-21)22-13-2-3-14-22/h8-11,20,23H,2-5,7,12-17H2. The lowest BCUT2D eigenvalue weighted by Crippen LogP contribution is -2.46. The average Bonchev–Trinajstić information content (AvgIpc) is 3.12. The second-order valence-corrected chi connectivity index (χ2v) is 6.75. The second-order valence-electron chi connectivity index (χ2n) is 6.75. The lowest BCUT2D eigenvalue weighted by atomic mass is 10.0. The molecule has 1 aromatic carbocycles. The van der Waals surface area contributed by atoms with E-state index in [-0.39, 0.29) is 6.61 Å². The quantitative estimate of drug-likeness (QED) is 0.865. The van der Waals surface area contributed by atoms with Gasteiger partial charge in [0.15, 0.2) is 0 Å². The molecule has 0 aliphatic carbocycles. The van der Waals surface area contributed by atoms with Crippen LogP contribution >= 0.6 is 0 Å². The van der Waals surface area contributed by atoms with Gasteiger partial charge in [-0.2, -0.15) is 0 Å². The van der Waals surface area contributed by atoms with Gasteiger partial charge in [0.25, 0.3) is 0 Å². The monoisotopic (exact) mass is 312 g/mol. The number of hydrogen-bond donors (Lipinski definition) is 1. The van der Waals surface area contributed by atoms with Crippen LogP contribution in [0.5, 0.6) is 0 Å². The molecule has 2 fully saturated rings. The van der Waals surface area contributed by atoms with Crippen LogP contribution in [0.1, 0.15) is 43.2 Å². The summed E-state index contributed by atoms with van der Waals surface area (Å²) in [5, 5.41) is 8.76. The zero-order valence-electron chi connectivity index (χ0n) is 14.0. The first kappa shape index (κ1) is 16.5. The van der Waals surface area contributed by atoms with E-state index in [4.69, 9.17) is 5.11 Å². The van der Waals surface area contributed by atoms with Crippen molar-refractivity contribution < 1.29 is 5.11 Å². The molecule has 0 saturated carbocycles. The lowest BCUT2D eigenvalue weighted by molar-refractivity contribution is 0.110. The van der Waals surface area contributed by atoms with Crippen LogP contribution in [0.25, 0.3) is 0 Å². The van der Waals surface area contributed by atoms with Crippen LogP contribution in [0.3, 0.4) is 0 Å². The number of aliphatic hydroxyl groups is 1. The van der Waals surface area contributed by atoms with Crippen molar-refractivity contribution in [2.45, 2.75) is 44.7 Å². The van der Waals surface area contributed by atoms with E-state index in [0.29, 0.717) is 6.42 Å². The number of piperidine rings is 1. The fourth-order valence-electron chi connectivity index (χ4n) is 3.75. The Bertz CT molecular complexity index is 537. The number of likely N-dealkylation sites (tertiary alicyclic amines) is 2. The molecule has 124 valence electrons. The van der Waals surface area contributed by atoms with Gasteiger partial charge in [0.05, 0.1) is 6.61 Å². The minimum Gasteiger partial charge on any atom is -0.395 e. The summed E-state index contributed by atoms with van der Waals surface area (Å²) in [4.78, 5) is 5.31. The van der Waals surface area contributed by atoms with E-state index in [1.54, 1.807) is 0 Å². The molecule has 2 heterocycles. The largest absolute Gasteiger partial charge is 0.395 e. The van der Waals surface area contributed by atoms with Gasteiger partial charge in [-0.1, -0.05) is 24.0 Å². The van der Waals surface area contributed by atoms with Crippen molar-refractivity contribution in [3.8, 4) is 11.8 Å². The molecular weight excluding hydrogens is 284 g/mol. The van der Waals surface area contributed by atoms with Crippen LogP contribution in [0.4, 0.5) is 0 Å². The summed E-state index contributed by atoms with van der Waals surface area (Å²) in [7, 11) is 0. The Hall–Kier alpha value is -1.34. The Balaban J connectivity index is 1.53. The maximum atomic E-state index is 8.76. The molecule has 0 spiro atoms. The second kappa shape index (κ2) is 8.49. The van der Waals surface area contributed by atoms with Gasteiger partial charge in [0, 0.05) is 31.1 Å². The van der Waals surface area contributed by atoms with E-state index in [1.165, 1.54) is 57.4 Å². The third-order valence-electron chi connectivity index (χ3n) is 4.97. The molecule has 1 atom stereocenters. The zero-order chi connectivity index (χ0) is 15.9. The SMILES string of the molecule is OCCC#Cc1ccc(CN2CCCC(N3CCCC3)C2)cc1. The number of rotatable bonds is 4. The van der Waals surface area contributed by atoms with Crippen LogP contribution in [-0.4, -0.2) is 53.7 Å². The Morgan fingerprint density at radius 1 is 1.04 bits per heavy atom. The number of benzene rings is 1. The predicted molar refractivity (Wildman–Crippen MR) is 94.1 cm³/mol. The molecule has 3 heteroatoms. The van der Waals surface area contributed by atoms with E-state index < -0.39 is 0 Å². The molecule has 3 nitrogen and oxygen atoms in total. The maximum Gasteiger partial charge on any atom is 0.0540 e. The van der Waals surface area contributed by atoms with E-state index in [0.717, 1.165) is 18.2 Å². The van der Waals surface area contributed by atoms with Crippen LogP contribution in [-0.2, 0) is 6.54 Å². The molecule has 0 bridgehead atoms. The molecule has 3 rings (SSSR count). The fraction of sp³-hybridized carbons (Fsp3) is 0.600. The zero-order valence-corrected chi connectivity index (χ0v) is 14.0. The summed E-state index contributed by atoms with van der Waals surface area (Å²) >= 11 is 0. The molecule has 0 amide bonds. The first-order valence-electron chi connectivity index (χ1n) is 9.00. The molecule has 0 aromatic heterocycles. The van der Waals surface area contributed by atoms with E-state index >= 15 is 0 Å². The molecule has 1 aromatic rings. The summed E-state index contributed by atoms with van der Waals surface area (Å²) in [6, 6.07) is 9.36. The fourth-order valence-corrected chi connectivity index (χ4v) is 3.75. The highest BCUT2D eigenvalue weighted by atomic mass is 16.2. The summed E-state index contributed by atoms with van der Waals surface area (Å²) in [5.74, 6) is 6.06. The van der Waals surface area contributed by atoms with Gasteiger partial charge in [-0.05, 0) is 63.0 Å². The topological polar surface area (TPSA) is 26.7 Å². The Labute approximate surface area is 140 Å². The average molecular weight is 312 g/mol. The molecule has 0 radical (unpaired) electrons. The third kappa shape index (κ3) is 4.81. The van der Waals surface area contributed by atoms with Crippen molar-refractivity contribution in [2.24, 2.45) is 0 Å². The van der Waals surface area contributed by atoms with Gasteiger partial charge >= 0.3 is 0 Å². The van der Waals surface area contributed by atoms with E-state index in [2.05, 4.69) is 45.9 Å². The van der Waals surface area contributed by atoms with Crippen LogP contribution < -0.4 is 0 Å². The Kier molecular flexibility index (Phi) is 6.10. The highest BCUT2D eigenvalue weighted by molar-refractivity contribution is 5.36. The minimum atomic E-state index is 0.137. The van der Waals surface area contributed by atoms with E-state index in [9.17, 15) is 0 Å². The first-order valence-corrected chi connectivity index (χ1v) is 9.00. The summed E-state index contributed by atoms with van der Waals surface area (Å²) in [6.45, 7) is 6.24. The summed E-state index contributed by atoms with van der Waals surface area (Å²) < 4.78 is 0.